The van der Waals surface area contributed by atoms with Crippen molar-refractivity contribution in [3.63, 3.8) is 0 Å². The average Bonchev–Trinajstić information content (AvgIpc) is 2.85. The Balaban J connectivity index is 2.41. The van der Waals surface area contributed by atoms with Crippen LogP contribution in [-0.2, 0) is 22.6 Å². The second-order valence-electron chi connectivity index (χ2n) is 3.40. The van der Waals surface area contributed by atoms with Crippen LogP contribution in [0.1, 0.15) is 5.82 Å². The highest BCUT2D eigenvalue weighted by molar-refractivity contribution is 8.13. The van der Waals surface area contributed by atoms with Crippen molar-refractivity contribution >= 4 is 25.6 Å². The molecule has 0 aliphatic carbocycles. The highest BCUT2D eigenvalue weighted by atomic mass is 35.7. The van der Waals surface area contributed by atoms with Crippen LogP contribution < -0.4 is 0 Å². The van der Waals surface area contributed by atoms with Crippen molar-refractivity contribution in [2.24, 2.45) is 7.05 Å². The molecule has 0 amide bonds. The topological polar surface area (TPSA) is 139 Å². The summed E-state index contributed by atoms with van der Waals surface area (Å²) >= 11 is 0. The predicted molar refractivity (Wildman–Crippen MR) is 59.8 cm³/mol. The summed E-state index contributed by atoms with van der Waals surface area (Å²) in [5, 5.41) is 25.3. The van der Waals surface area contributed by atoms with Gasteiger partial charge in [-0.3, -0.25) is 0 Å². The highest BCUT2D eigenvalue weighted by Crippen LogP contribution is 2.25. The molecule has 2 aromatic rings. The SMILES string of the molecule is Cn1nnc(Cn2cc(S(=O)(=O)Cl)c([N+](=O)[O-])n2)n1. The number of halogens is 1. The van der Waals surface area contributed by atoms with Gasteiger partial charge < -0.3 is 10.1 Å². The lowest BCUT2D eigenvalue weighted by atomic mass is 10.6. The molecule has 0 aliphatic rings. The van der Waals surface area contributed by atoms with Gasteiger partial charge in [-0.2, -0.15) is 9.48 Å². The Bertz CT molecular complexity index is 735. The molecule has 13 heteroatoms. The Morgan fingerprint density at radius 1 is 1.47 bits per heavy atom. The molecule has 0 spiro atoms. The van der Waals surface area contributed by atoms with Gasteiger partial charge in [0, 0.05) is 10.7 Å². The summed E-state index contributed by atoms with van der Waals surface area (Å²) < 4.78 is 23.4. The smallest absolute Gasteiger partial charge is 0.358 e. The standard InChI is InChI=1S/C6H6ClN7O4S/c1-12-9-5(8-11-12)3-13-2-4(19(7,17)18)6(10-13)14(15)16/h2H,3H2,1H3. The Kier molecular flexibility index (Phi) is 3.20. The molecule has 0 saturated carbocycles. The first-order chi connectivity index (χ1) is 8.77. The number of nitrogens with zero attached hydrogens (tertiary/aromatic N) is 7. The Labute approximate surface area is 110 Å². The molecule has 0 aliphatic heterocycles. The molecule has 0 fully saturated rings. The zero-order valence-electron chi connectivity index (χ0n) is 9.33. The van der Waals surface area contributed by atoms with Crippen LogP contribution in [0.5, 0.6) is 0 Å². The van der Waals surface area contributed by atoms with Crippen LogP contribution in [-0.4, -0.2) is 43.3 Å². The monoisotopic (exact) mass is 307 g/mol. The first-order valence-corrected chi connectivity index (χ1v) is 6.97. The van der Waals surface area contributed by atoms with Gasteiger partial charge in [-0.25, -0.2) is 8.42 Å². The lowest BCUT2D eigenvalue weighted by molar-refractivity contribution is -0.392. The second kappa shape index (κ2) is 4.55. The number of tetrazole rings is 1. The van der Waals surface area contributed by atoms with Gasteiger partial charge in [-0.05, 0) is 10.1 Å². The molecule has 0 bridgehead atoms. The molecule has 19 heavy (non-hydrogen) atoms. The third kappa shape index (κ3) is 2.85. The fraction of sp³-hybridized carbons (Fsp3) is 0.333. The third-order valence-electron chi connectivity index (χ3n) is 2.00. The molecule has 2 aromatic heterocycles. The van der Waals surface area contributed by atoms with Gasteiger partial charge in [0.1, 0.15) is 6.54 Å². The van der Waals surface area contributed by atoms with Gasteiger partial charge in [-0.15, -0.1) is 10.2 Å². The van der Waals surface area contributed by atoms with Crippen LogP contribution in [0.25, 0.3) is 0 Å². The fourth-order valence-electron chi connectivity index (χ4n) is 1.30. The largest absolute Gasteiger partial charge is 0.410 e. The number of hydrogen-bond donors (Lipinski definition) is 0. The van der Waals surface area contributed by atoms with Gasteiger partial charge in [0.05, 0.1) is 18.3 Å². The zero-order valence-corrected chi connectivity index (χ0v) is 10.9. The van der Waals surface area contributed by atoms with Gasteiger partial charge in [0.15, 0.2) is 5.82 Å². The van der Waals surface area contributed by atoms with Gasteiger partial charge >= 0.3 is 5.82 Å². The summed E-state index contributed by atoms with van der Waals surface area (Å²) in [6.45, 7) is -0.0684. The number of aryl methyl sites for hydroxylation is 1. The minimum Gasteiger partial charge on any atom is -0.358 e. The highest BCUT2D eigenvalue weighted by Gasteiger charge is 2.30. The van der Waals surface area contributed by atoms with E-state index in [9.17, 15) is 18.5 Å². The van der Waals surface area contributed by atoms with E-state index < -0.39 is 24.7 Å². The Morgan fingerprint density at radius 2 is 2.16 bits per heavy atom. The fourth-order valence-corrected chi connectivity index (χ4v) is 2.21. The van der Waals surface area contributed by atoms with Crippen molar-refractivity contribution in [3.05, 3.63) is 22.1 Å². The minimum absolute atomic E-state index is 0.0684. The lowest BCUT2D eigenvalue weighted by Gasteiger charge is -1.89. The van der Waals surface area contributed by atoms with E-state index in [-0.39, 0.29) is 12.4 Å². The molecule has 0 atom stereocenters. The normalized spacial score (nSPS) is 11.7. The van der Waals surface area contributed by atoms with Crippen molar-refractivity contribution in [1.82, 2.24) is 30.0 Å². The van der Waals surface area contributed by atoms with E-state index in [2.05, 4.69) is 20.5 Å². The maximum atomic E-state index is 11.2. The van der Waals surface area contributed by atoms with Crippen LogP contribution in [0.15, 0.2) is 11.1 Å². The summed E-state index contributed by atoms with van der Waals surface area (Å²) in [4.78, 5) is 10.3. The Hall–Kier alpha value is -2.08. The van der Waals surface area contributed by atoms with Gasteiger partial charge in [0.25, 0.3) is 9.05 Å². The minimum atomic E-state index is -4.26. The van der Waals surface area contributed by atoms with Crippen LogP contribution in [0.4, 0.5) is 5.82 Å². The molecule has 2 rings (SSSR count). The number of rotatable bonds is 4. The van der Waals surface area contributed by atoms with Crippen molar-refractivity contribution in [1.29, 1.82) is 0 Å². The summed E-state index contributed by atoms with van der Waals surface area (Å²) in [6.07, 6.45) is 0.941. The van der Waals surface area contributed by atoms with E-state index >= 15 is 0 Å². The lowest BCUT2D eigenvalue weighted by Crippen LogP contribution is -2.03. The van der Waals surface area contributed by atoms with Crippen LogP contribution in [0.2, 0.25) is 0 Å². The molecule has 2 heterocycles. The quantitative estimate of drug-likeness (QED) is 0.410. The summed E-state index contributed by atoms with van der Waals surface area (Å²) in [5.41, 5.74) is 0. The van der Waals surface area contributed by atoms with Gasteiger partial charge in [-0.1, -0.05) is 0 Å². The average molecular weight is 308 g/mol. The molecule has 11 nitrogen and oxygen atoms in total. The molecule has 0 aromatic carbocycles. The number of aromatic nitrogens is 6. The van der Waals surface area contributed by atoms with Crippen LogP contribution in [0, 0.1) is 10.1 Å². The number of nitro groups is 1. The molecular weight excluding hydrogens is 302 g/mol. The maximum Gasteiger partial charge on any atom is 0.410 e. The third-order valence-corrected chi connectivity index (χ3v) is 3.31. The molecule has 0 unspecified atom stereocenters. The van der Waals surface area contributed by atoms with Crippen molar-refractivity contribution in [2.45, 2.75) is 11.4 Å². The van der Waals surface area contributed by atoms with Crippen molar-refractivity contribution in [2.75, 3.05) is 0 Å². The summed E-state index contributed by atoms with van der Waals surface area (Å²) in [5.74, 6) is -0.627. The maximum absolute atomic E-state index is 11.2. The Morgan fingerprint density at radius 3 is 2.58 bits per heavy atom. The van der Waals surface area contributed by atoms with Gasteiger partial charge in [0.2, 0.25) is 4.90 Å². The van der Waals surface area contributed by atoms with Crippen LogP contribution >= 0.6 is 10.7 Å². The predicted octanol–water partition coefficient (Wildman–Crippen LogP) is -0.709. The van der Waals surface area contributed by atoms with E-state index in [1.54, 1.807) is 0 Å². The molecule has 0 radical (unpaired) electrons. The molecule has 0 saturated heterocycles. The molecular formula is C6H6ClN7O4S. The molecule has 102 valence electrons. The van der Waals surface area contributed by atoms with E-state index in [1.807, 2.05) is 0 Å². The van der Waals surface area contributed by atoms with E-state index in [1.165, 1.54) is 11.8 Å². The molecule has 0 N–H and O–H groups in total. The van der Waals surface area contributed by atoms with Crippen LogP contribution in [0.3, 0.4) is 0 Å². The number of hydrogen-bond acceptors (Lipinski definition) is 8. The van der Waals surface area contributed by atoms with E-state index in [4.69, 9.17) is 10.7 Å². The van der Waals surface area contributed by atoms with Crippen molar-refractivity contribution < 1.29 is 13.3 Å². The zero-order chi connectivity index (χ0) is 14.2. The second-order valence-corrected chi connectivity index (χ2v) is 5.94. The summed E-state index contributed by atoms with van der Waals surface area (Å²) in [7, 11) is 2.37. The van der Waals surface area contributed by atoms with Crippen molar-refractivity contribution in [3.8, 4) is 0 Å². The summed E-state index contributed by atoms with van der Waals surface area (Å²) in [6, 6.07) is 0. The van der Waals surface area contributed by atoms with E-state index in [0.29, 0.717) is 0 Å². The first kappa shape index (κ1) is 13.4. The first-order valence-electron chi connectivity index (χ1n) is 4.67. The van der Waals surface area contributed by atoms with E-state index in [0.717, 1.165) is 10.9 Å².